The van der Waals surface area contributed by atoms with Crippen molar-refractivity contribution in [1.82, 2.24) is 5.32 Å². The van der Waals surface area contributed by atoms with Gasteiger partial charge in [0.25, 0.3) is 0 Å². The van der Waals surface area contributed by atoms with Gasteiger partial charge in [0, 0.05) is 13.2 Å². The van der Waals surface area contributed by atoms with Crippen LogP contribution >= 0.6 is 0 Å². The van der Waals surface area contributed by atoms with Crippen LogP contribution in [0.1, 0.15) is 13.8 Å². The first-order valence-electron chi connectivity index (χ1n) is 5.66. The molecule has 0 aliphatic heterocycles. The van der Waals surface area contributed by atoms with Crippen LogP contribution in [0.4, 0.5) is 0 Å². The lowest BCUT2D eigenvalue weighted by Gasteiger charge is -2.06. The largest absolute Gasteiger partial charge is 0.379 e. The fourth-order valence-corrected chi connectivity index (χ4v) is 0.965. The van der Waals surface area contributed by atoms with Gasteiger partial charge in [-0.25, -0.2) is 0 Å². The minimum atomic E-state index is -0.250. The molecule has 0 saturated carbocycles. The number of carbonyl (C=O) groups is 2. The molecular formula is C11H21NO5. The summed E-state index contributed by atoms with van der Waals surface area (Å²) in [5.74, 6) is -0.350. The van der Waals surface area contributed by atoms with E-state index >= 15 is 0 Å². The molecule has 0 aromatic carbocycles. The van der Waals surface area contributed by atoms with Gasteiger partial charge in [-0.05, 0) is 13.8 Å². The molecule has 0 unspecified atom stereocenters. The second-order valence-electron chi connectivity index (χ2n) is 3.35. The Labute approximate surface area is 102 Å². The van der Waals surface area contributed by atoms with Crippen molar-refractivity contribution in [2.75, 3.05) is 46.2 Å². The minimum absolute atomic E-state index is 0.0295. The van der Waals surface area contributed by atoms with Crippen molar-refractivity contribution in [3.63, 3.8) is 0 Å². The average molecular weight is 247 g/mol. The summed E-state index contributed by atoms with van der Waals surface area (Å²) in [5, 5.41) is 2.61. The Morgan fingerprint density at radius 1 is 1.00 bits per heavy atom. The number of Topliss-reactive ketones (excluding diaryl/α,β-unsaturated/α-hetero) is 1. The lowest BCUT2D eigenvalue weighted by atomic mass is 10.5. The maximum absolute atomic E-state index is 11.1. The Hall–Kier alpha value is -0.980. The van der Waals surface area contributed by atoms with Crippen molar-refractivity contribution in [2.45, 2.75) is 13.8 Å². The lowest BCUT2D eigenvalue weighted by molar-refractivity contribution is -0.129. The summed E-state index contributed by atoms with van der Waals surface area (Å²) in [6.45, 7) is 5.81. The Kier molecular flexibility index (Phi) is 10.8. The SMILES string of the molecule is CCOCCOCCNC(=O)COCC(C)=O. The molecule has 0 rings (SSSR count). The first-order chi connectivity index (χ1) is 8.16. The van der Waals surface area contributed by atoms with Crippen LogP contribution in [0.15, 0.2) is 0 Å². The topological polar surface area (TPSA) is 73.9 Å². The standard InChI is InChI=1S/C11H21NO5/c1-3-15-6-7-16-5-4-12-11(14)9-17-8-10(2)13/h3-9H2,1-2H3,(H,12,14). The Balaban J connectivity index is 3.19. The highest BCUT2D eigenvalue weighted by molar-refractivity contribution is 5.79. The van der Waals surface area contributed by atoms with Gasteiger partial charge in [0.2, 0.25) is 5.91 Å². The summed E-state index contributed by atoms with van der Waals surface area (Å²) >= 11 is 0. The van der Waals surface area contributed by atoms with E-state index in [0.29, 0.717) is 33.0 Å². The number of rotatable bonds is 11. The van der Waals surface area contributed by atoms with Crippen LogP contribution in [0.25, 0.3) is 0 Å². The van der Waals surface area contributed by atoms with E-state index in [-0.39, 0.29) is 24.9 Å². The van der Waals surface area contributed by atoms with Crippen molar-refractivity contribution in [3.8, 4) is 0 Å². The maximum Gasteiger partial charge on any atom is 0.246 e. The molecule has 0 aromatic rings. The fourth-order valence-electron chi connectivity index (χ4n) is 0.965. The van der Waals surface area contributed by atoms with Gasteiger partial charge in [-0.2, -0.15) is 0 Å². The van der Waals surface area contributed by atoms with Crippen LogP contribution < -0.4 is 5.32 Å². The molecule has 0 aliphatic carbocycles. The molecule has 0 aromatic heterocycles. The van der Waals surface area contributed by atoms with Crippen molar-refractivity contribution in [1.29, 1.82) is 0 Å². The van der Waals surface area contributed by atoms with Gasteiger partial charge in [0.1, 0.15) is 13.2 Å². The number of hydrogen-bond acceptors (Lipinski definition) is 5. The summed E-state index contributed by atoms with van der Waals surface area (Å²) in [7, 11) is 0. The number of amides is 1. The van der Waals surface area contributed by atoms with Crippen molar-refractivity contribution in [3.05, 3.63) is 0 Å². The molecule has 6 heteroatoms. The van der Waals surface area contributed by atoms with Gasteiger partial charge in [0.15, 0.2) is 5.78 Å². The third-order valence-corrected chi connectivity index (χ3v) is 1.68. The van der Waals surface area contributed by atoms with Crippen molar-refractivity contribution in [2.24, 2.45) is 0 Å². The summed E-state index contributed by atoms with van der Waals surface area (Å²) in [4.78, 5) is 21.7. The normalized spacial score (nSPS) is 10.2. The van der Waals surface area contributed by atoms with E-state index in [0.717, 1.165) is 0 Å². The number of nitrogens with one attached hydrogen (secondary N) is 1. The van der Waals surface area contributed by atoms with Crippen molar-refractivity contribution >= 4 is 11.7 Å². The number of ether oxygens (including phenoxy) is 3. The summed E-state index contributed by atoms with van der Waals surface area (Å²) < 4.78 is 15.1. The van der Waals surface area contributed by atoms with E-state index in [1.54, 1.807) is 0 Å². The second kappa shape index (κ2) is 11.5. The zero-order valence-electron chi connectivity index (χ0n) is 10.5. The van der Waals surface area contributed by atoms with Gasteiger partial charge in [0.05, 0.1) is 19.8 Å². The molecule has 0 spiro atoms. The smallest absolute Gasteiger partial charge is 0.246 e. The molecule has 0 radical (unpaired) electrons. The predicted molar refractivity (Wildman–Crippen MR) is 61.8 cm³/mol. The monoisotopic (exact) mass is 247 g/mol. The first kappa shape index (κ1) is 16.0. The molecule has 1 amide bonds. The van der Waals surface area contributed by atoms with Gasteiger partial charge in [-0.3, -0.25) is 9.59 Å². The zero-order chi connectivity index (χ0) is 12.9. The highest BCUT2D eigenvalue weighted by Gasteiger charge is 2.01. The van der Waals surface area contributed by atoms with Gasteiger partial charge in [-0.15, -0.1) is 0 Å². The van der Waals surface area contributed by atoms with E-state index in [4.69, 9.17) is 14.2 Å². The van der Waals surface area contributed by atoms with Crippen LogP contribution in [-0.4, -0.2) is 57.9 Å². The summed E-state index contributed by atoms with van der Waals surface area (Å²) in [5.41, 5.74) is 0. The molecule has 0 fully saturated rings. The molecule has 0 heterocycles. The van der Waals surface area contributed by atoms with Crippen LogP contribution in [-0.2, 0) is 23.8 Å². The van der Waals surface area contributed by atoms with Crippen LogP contribution in [0, 0.1) is 0 Å². The highest BCUT2D eigenvalue weighted by atomic mass is 16.5. The third kappa shape index (κ3) is 13.0. The zero-order valence-corrected chi connectivity index (χ0v) is 10.5. The molecule has 6 nitrogen and oxygen atoms in total. The first-order valence-corrected chi connectivity index (χ1v) is 5.66. The van der Waals surface area contributed by atoms with Gasteiger partial charge >= 0.3 is 0 Å². The van der Waals surface area contributed by atoms with Crippen LogP contribution in [0.5, 0.6) is 0 Å². The van der Waals surface area contributed by atoms with Crippen LogP contribution in [0.3, 0.4) is 0 Å². The number of ketones is 1. The Morgan fingerprint density at radius 2 is 1.71 bits per heavy atom. The second-order valence-corrected chi connectivity index (χ2v) is 3.35. The molecular weight excluding hydrogens is 226 g/mol. The number of hydrogen-bond donors (Lipinski definition) is 1. The van der Waals surface area contributed by atoms with E-state index in [1.807, 2.05) is 6.92 Å². The predicted octanol–water partition coefficient (Wildman–Crippen LogP) is -0.239. The maximum atomic E-state index is 11.1. The van der Waals surface area contributed by atoms with E-state index in [1.165, 1.54) is 6.92 Å². The highest BCUT2D eigenvalue weighted by Crippen LogP contribution is 1.79. The van der Waals surface area contributed by atoms with Crippen LogP contribution in [0.2, 0.25) is 0 Å². The molecule has 1 N–H and O–H groups in total. The molecule has 0 aliphatic rings. The average Bonchev–Trinajstić information content (AvgIpc) is 2.27. The molecule has 17 heavy (non-hydrogen) atoms. The Morgan fingerprint density at radius 3 is 2.35 bits per heavy atom. The third-order valence-electron chi connectivity index (χ3n) is 1.68. The quantitative estimate of drug-likeness (QED) is 0.510. The van der Waals surface area contributed by atoms with E-state index < -0.39 is 0 Å². The van der Waals surface area contributed by atoms with E-state index in [2.05, 4.69) is 5.32 Å². The number of carbonyl (C=O) groups excluding carboxylic acids is 2. The van der Waals surface area contributed by atoms with Gasteiger partial charge < -0.3 is 19.5 Å². The Bertz CT molecular complexity index is 220. The summed E-state index contributed by atoms with van der Waals surface area (Å²) in [6, 6.07) is 0. The molecule has 100 valence electrons. The molecule has 0 saturated heterocycles. The van der Waals surface area contributed by atoms with Crippen molar-refractivity contribution < 1.29 is 23.8 Å². The van der Waals surface area contributed by atoms with E-state index in [9.17, 15) is 9.59 Å². The fraction of sp³-hybridized carbons (Fsp3) is 0.818. The molecule has 0 atom stereocenters. The summed E-state index contributed by atoms with van der Waals surface area (Å²) in [6.07, 6.45) is 0. The lowest BCUT2D eigenvalue weighted by Crippen LogP contribution is -2.31. The molecule has 0 bridgehead atoms. The minimum Gasteiger partial charge on any atom is -0.379 e. The van der Waals surface area contributed by atoms with Gasteiger partial charge in [-0.1, -0.05) is 0 Å².